The van der Waals surface area contributed by atoms with E-state index in [0.717, 1.165) is 19.4 Å². The molecule has 0 bridgehead atoms. The molecule has 1 atom stereocenters. The maximum absolute atomic E-state index is 13.9. The van der Waals surface area contributed by atoms with Crippen LogP contribution >= 0.6 is 11.6 Å². The third-order valence-electron chi connectivity index (χ3n) is 5.61. The van der Waals surface area contributed by atoms with E-state index >= 15 is 0 Å². The number of rotatable bonds is 5. The van der Waals surface area contributed by atoms with Gasteiger partial charge in [0, 0.05) is 23.4 Å². The van der Waals surface area contributed by atoms with Gasteiger partial charge in [0.05, 0.1) is 35.1 Å². The summed E-state index contributed by atoms with van der Waals surface area (Å²) >= 11 is 6.17. The summed E-state index contributed by atoms with van der Waals surface area (Å²) in [6.07, 6.45) is 2.07. The van der Waals surface area contributed by atoms with Gasteiger partial charge in [0.2, 0.25) is 0 Å². The number of carbonyl (C=O) groups is 1. The normalized spacial score (nSPS) is 18.7. The molecule has 1 aromatic heterocycles. The lowest BCUT2D eigenvalue weighted by atomic mass is 10.1. The summed E-state index contributed by atoms with van der Waals surface area (Å²) in [7, 11) is 0. The number of nitrogens with zero attached hydrogens (tertiary/aromatic N) is 3. The molecule has 2 aliphatic heterocycles. The predicted octanol–water partition coefficient (Wildman–Crippen LogP) is 2.84. The average Bonchev–Trinajstić information content (AvgIpc) is 3.39. The molecule has 0 spiro atoms. The van der Waals surface area contributed by atoms with Gasteiger partial charge < -0.3 is 20.7 Å². The summed E-state index contributed by atoms with van der Waals surface area (Å²) in [4.78, 5) is 23.7. The molecular weight excluding hydrogens is 421 g/mol. The van der Waals surface area contributed by atoms with Gasteiger partial charge in [0.25, 0.3) is 5.91 Å². The molecule has 0 radical (unpaired) electrons. The second-order valence-electron chi connectivity index (χ2n) is 7.94. The SMILES string of the molecule is Cc1nc(C2=C(N)CN(C(=O)c3ccc(F)cc3OC[C@H]3CCCN3)C2)nc(C)c1Cl. The van der Waals surface area contributed by atoms with Crippen LogP contribution in [0.5, 0.6) is 5.75 Å². The van der Waals surface area contributed by atoms with Crippen molar-refractivity contribution in [3.63, 3.8) is 0 Å². The number of carbonyl (C=O) groups excluding carboxylic acids is 1. The molecule has 2 aliphatic rings. The van der Waals surface area contributed by atoms with E-state index in [1.807, 2.05) is 0 Å². The minimum Gasteiger partial charge on any atom is -0.491 e. The zero-order valence-corrected chi connectivity index (χ0v) is 18.3. The molecule has 1 aromatic carbocycles. The van der Waals surface area contributed by atoms with Crippen molar-refractivity contribution in [2.75, 3.05) is 26.2 Å². The molecule has 0 aliphatic carbocycles. The highest BCUT2D eigenvalue weighted by Gasteiger charge is 2.30. The Hall–Kier alpha value is -2.71. The Morgan fingerprint density at radius 1 is 1.32 bits per heavy atom. The van der Waals surface area contributed by atoms with Crippen LogP contribution in [-0.4, -0.2) is 53.1 Å². The minimum absolute atomic E-state index is 0.204. The third kappa shape index (κ3) is 4.50. The number of nitrogens with two attached hydrogens (primary N) is 1. The predicted molar refractivity (Wildman–Crippen MR) is 116 cm³/mol. The van der Waals surface area contributed by atoms with Gasteiger partial charge >= 0.3 is 0 Å². The Kier molecular flexibility index (Phi) is 6.11. The molecule has 1 fully saturated rings. The summed E-state index contributed by atoms with van der Waals surface area (Å²) in [5.41, 5.74) is 9.06. The van der Waals surface area contributed by atoms with Crippen LogP contribution in [0.4, 0.5) is 4.39 Å². The fraction of sp³-hybridized carbons (Fsp3) is 0.409. The number of aryl methyl sites for hydroxylation is 2. The molecule has 4 rings (SSSR count). The molecule has 0 saturated carbocycles. The van der Waals surface area contributed by atoms with Crippen molar-refractivity contribution >= 4 is 23.1 Å². The highest BCUT2D eigenvalue weighted by molar-refractivity contribution is 6.31. The van der Waals surface area contributed by atoms with E-state index in [2.05, 4.69) is 15.3 Å². The Morgan fingerprint density at radius 3 is 2.74 bits per heavy atom. The summed E-state index contributed by atoms with van der Waals surface area (Å²) in [6.45, 7) is 5.42. The van der Waals surface area contributed by atoms with Crippen LogP contribution in [0.1, 0.15) is 40.4 Å². The maximum Gasteiger partial charge on any atom is 0.258 e. The van der Waals surface area contributed by atoms with Gasteiger partial charge in [0.1, 0.15) is 18.2 Å². The quantitative estimate of drug-likeness (QED) is 0.735. The molecular formula is C22H25ClFN5O2. The number of benzene rings is 1. The first-order chi connectivity index (χ1) is 14.8. The lowest BCUT2D eigenvalue weighted by molar-refractivity contribution is 0.0794. The van der Waals surface area contributed by atoms with Gasteiger partial charge in [0.15, 0.2) is 5.82 Å². The van der Waals surface area contributed by atoms with Crippen LogP contribution in [0, 0.1) is 19.7 Å². The average molecular weight is 446 g/mol. The van der Waals surface area contributed by atoms with E-state index in [0.29, 0.717) is 45.7 Å². The van der Waals surface area contributed by atoms with Crippen molar-refractivity contribution in [3.05, 3.63) is 57.5 Å². The lowest BCUT2D eigenvalue weighted by Gasteiger charge is -2.20. The molecule has 3 heterocycles. The monoisotopic (exact) mass is 445 g/mol. The van der Waals surface area contributed by atoms with Crippen LogP contribution in [0.25, 0.3) is 5.57 Å². The summed E-state index contributed by atoms with van der Waals surface area (Å²) < 4.78 is 19.7. The molecule has 31 heavy (non-hydrogen) atoms. The third-order valence-corrected chi connectivity index (χ3v) is 6.16. The fourth-order valence-electron chi connectivity index (χ4n) is 3.90. The number of ether oxygens (including phenoxy) is 1. The van der Waals surface area contributed by atoms with Crippen molar-refractivity contribution in [2.45, 2.75) is 32.7 Å². The van der Waals surface area contributed by atoms with Gasteiger partial charge in [-0.3, -0.25) is 4.79 Å². The van der Waals surface area contributed by atoms with E-state index in [9.17, 15) is 9.18 Å². The Bertz CT molecular complexity index is 1030. The van der Waals surface area contributed by atoms with Crippen LogP contribution in [0.15, 0.2) is 23.9 Å². The Balaban J connectivity index is 1.53. The van der Waals surface area contributed by atoms with E-state index in [1.165, 1.54) is 18.2 Å². The summed E-state index contributed by atoms with van der Waals surface area (Å²) in [6, 6.07) is 4.17. The summed E-state index contributed by atoms with van der Waals surface area (Å²) in [5.74, 6) is -0.0313. The number of nitrogens with one attached hydrogen (secondary N) is 1. The van der Waals surface area contributed by atoms with Gasteiger partial charge in [-0.15, -0.1) is 0 Å². The van der Waals surface area contributed by atoms with Gasteiger partial charge in [-0.25, -0.2) is 14.4 Å². The Morgan fingerprint density at radius 2 is 2.06 bits per heavy atom. The van der Waals surface area contributed by atoms with Gasteiger partial charge in [-0.1, -0.05) is 11.6 Å². The zero-order chi connectivity index (χ0) is 22.1. The highest BCUT2D eigenvalue weighted by Crippen LogP contribution is 2.29. The first kappa shape index (κ1) is 21.5. The van der Waals surface area contributed by atoms with Crippen molar-refractivity contribution in [1.29, 1.82) is 0 Å². The highest BCUT2D eigenvalue weighted by atomic mass is 35.5. The zero-order valence-electron chi connectivity index (χ0n) is 17.5. The molecule has 164 valence electrons. The number of amides is 1. The molecule has 0 unspecified atom stereocenters. The first-order valence-corrected chi connectivity index (χ1v) is 10.6. The largest absolute Gasteiger partial charge is 0.491 e. The van der Waals surface area contributed by atoms with Crippen molar-refractivity contribution in [1.82, 2.24) is 20.2 Å². The van der Waals surface area contributed by atoms with Gasteiger partial charge in [-0.2, -0.15) is 0 Å². The number of halogens is 2. The van der Waals surface area contributed by atoms with Crippen LogP contribution in [-0.2, 0) is 0 Å². The lowest BCUT2D eigenvalue weighted by Crippen LogP contribution is -2.32. The van der Waals surface area contributed by atoms with Crippen LogP contribution in [0.3, 0.4) is 0 Å². The van der Waals surface area contributed by atoms with Crippen LogP contribution in [0.2, 0.25) is 5.02 Å². The second kappa shape index (κ2) is 8.80. The first-order valence-electron chi connectivity index (χ1n) is 10.3. The van der Waals surface area contributed by atoms with E-state index < -0.39 is 5.82 Å². The van der Waals surface area contributed by atoms with Crippen molar-refractivity contribution in [2.24, 2.45) is 5.73 Å². The minimum atomic E-state index is -0.453. The fourth-order valence-corrected chi connectivity index (χ4v) is 3.98. The van der Waals surface area contributed by atoms with Crippen molar-refractivity contribution < 1.29 is 13.9 Å². The van der Waals surface area contributed by atoms with Crippen LogP contribution < -0.4 is 15.8 Å². The molecule has 7 nitrogen and oxygen atoms in total. The van der Waals surface area contributed by atoms with E-state index in [1.54, 1.807) is 18.7 Å². The molecule has 1 amide bonds. The van der Waals surface area contributed by atoms with E-state index in [-0.39, 0.29) is 30.8 Å². The second-order valence-corrected chi connectivity index (χ2v) is 8.32. The molecule has 1 saturated heterocycles. The molecule has 2 aromatic rings. The molecule has 9 heteroatoms. The van der Waals surface area contributed by atoms with E-state index in [4.69, 9.17) is 22.1 Å². The smallest absolute Gasteiger partial charge is 0.258 e. The number of hydrogen-bond donors (Lipinski definition) is 2. The topological polar surface area (TPSA) is 93.4 Å². The standard InChI is InChI=1S/C22H25ClFN5O2/c1-12-20(23)13(2)28-21(27-12)17-9-29(10-18(17)25)22(30)16-6-5-14(24)8-19(16)31-11-15-4-3-7-26-15/h5-6,8,15,26H,3-4,7,9-11,25H2,1-2H3/t15-/m1/s1. The number of aromatic nitrogens is 2. The Labute approximate surface area is 185 Å². The van der Waals surface area contributed by atoms with Gasteiger partial charge in [-0.05, 0) is 45.4 Å². The number of hydrogen-bond acceptors (Lipinski definition) is 6. The summed E-state index contributed by atoms with van der Waals surface area (Å²) in [5, 5.41) is 3.84. The molecule has 3 N–H and O–H groups in total. The maximum atomic E-state index is 13.9. The van der Waals surface area contributed by atoms with Crippen molar-refractivity contribution in [3.8, 4) is 5.75 Å².